The number of nitrogens with one attached hydrogen (secondary N) is 1. The van der Waals surface area contributed by atoms with Gasteiger partial charge in [-0.25, -0.2) is 0 Å². The van der Waals surface area contributed by atoms with Crippen molar-refractivity contribution in [2.24, 2.45) is 4.99 Å². The number of aliphatic hydroxyl groups is 1. The Labute approximate surface area is 184 Å². The van der Waals surface area contributed by atoms with E-state index in [1.165, 1.54) is 18.7 Å². The Kier molecular flexibility index (Phi) is 6.64. The smallest absolute Gasteiger partial charge is 0.288 e. The van der Waals surface area contributed by atoms with Gasteiger partial charge in [-0.1, -0.05) is 0 Å². The Bertz CT molecular complexity index is 1150. The maximum Gasteiger partial charge on any atom is 0.288 e. The lowest BCUT2D eigenvalue weighted by Crippen LogP contribution is -2.19. The minimum absolute atomic E-state index is 0.0366. The maximum atomic E-state index is 12.8. The van der Waals surface area contributed by atoms with E-state index in [0.29, 0.717) is 41.0 Å². The molecule has 32 heavy (non-hydrogen) atoms. The first-order chi connectivity index (χ1) is 15.1. The Balaban J connectivity index is 1.93. The number of aromatic nitrogens is 1. The molecule has 1 amide bonds. The number of rotatable bonds is 8. The molecule has 0 spiro atoms. The number of furan rings is 1. The highest BCUT2D eigenvalue weighted by Gasteiger charge is 2.17. The van der Waals surface area contributed by atoms with Crippen LogP contribution in [0.15, 0.2) is 58.6 Å². The average Bonchev–Trinajstić information content (AvgIpc) is 3.27. The predicted molar refractivity (Wildman–Crippen MR) is 121 cm³/mol. The van der Waals surface area contributed by atoms with Crippen LogP contribution in [-0.2, 0) is 0 Å². The third-order valence-electron chi connectivity index (χ3n) is 4.58. The summed E-state index contributed by atoms with van der Waals surface area (Å²) in [6.45, 7) is 3.80. The van der Waals surface area contributed by atoms with Gasteiger partial charge in [-0.15, -0.1) is 0 Å². The monoisotopic (exact) mass is 437 g/mol. The summed E-state index contributed by atoms with van der Waals surface area (Å²) in [5, 5.41) is 23.6. The van der Waals surface area contributed by atoms with Gasteiger partial charge in [0.2, 0.25) is 0 Å². The molecule has 0 fully saturated rings. The number of anilines is 2. The van der Waals surface area contributed by atoms with Crippen LogP contribution in [0.25, 0.3) is 11.1 Å². The van der Waals surface area contributed by atoms with Crippen LogP contribution in [0.5, 0.6) is 0 Å². The van der Waals surface area contributed by atoms with Gasteiger partial charge in [0.05, 0.1) is 28.6 Å². The van der Waals surface area contributed by atoms with Gasteiger partial charge in [-0.05, 0) is 38.5 Å². The number of benzene rings is 1. The van der Waals surface area contributed by atoms with Crippen molar-refractivity contribution in [3.63, 3.8) is 0 Å². The Morgan fingerprint density at radius 2 is 2.16 bits per heavy atom. The molecule has 3 rings (SSSR count). The van der Waals surface area contributed by atoms with Crippen LogP contribution in [0.4, 0.5) is 17.1 Å². The van der Waals surface area contributed by atoms with Gasteiger partial charge in [-0.2, -0.15) is 0 Å². The lowest BCUT2D eigenvalue weighted by atomic mass is 10.0. The number of nitrogens with two attached hydrogens (primary N) is 1. The van der Waals surface area contributed by atoms with E-state index < -0.39 is 16.4 Å². The molecule has 0 aliphatic heterocycles. The zero-order chi connectivity index (χ0) is 23.3. The summed E-state index contributed by atoms with van der Waals surface area (Å²) in [5.41, 5.74) is 7.82. The molecule has 1 aromatic carbocycles. The molecule has 166 valence electrons. The second-order valence-corrected chi connectivity index (χ2v) is 7.78. The van der Waals surface area contributed by atoms with Gasteiger partial charge >= 0.3 is 0 Å². The zero-order valence-electron chi connectivity index (χ0n) is 17.6. The van der Waals surface area contributed by atoms with Gasteiger partial charge < -0.3 is 20.6 Å². The molecule has 0 atom stereocenters. The fourth-order valence-corrected chi connectivity index (χ4v) is 2.85. The topological polar surface area (TPSA) is 157 Å². The molecule has 0 radical (unpaired) electrons. The van der Waals surface area contributed by atoms with E-state index in [4.69, 9.17) is 10.2 Å². The fraction of sp³-hybridized carbons (Fsp3) is 0.227. The number of pyridine rings is 1. The normalized spacial score (nSPS) is 11.6. The quantitative estimate of drug-likeness (QED) is 0.210. The van der Waals surface area contributed by atoms with Crippen LogP contribution in [0.1, 0.15) is 36.2 Å². The average molecular weight is 437 g/mol. The Morgan fingerprint density at radius 3 is 2.81 bits per heavy atom. The number of amides is 1. The molecule has 0 aliphatic rings. The number of nitro groups is 1. The second-order valence-electron chi connectivity index (χ2n) is 7.78. The first kappa shape index (κ1) is 22.6. The first-order valence-electron chi connectivity index (χ1n) is 9.73. The predicted octanol–water partition coefficient (Wildman–Crippen LogP) is 3.66. The first-order valence-corrected chi connectivity index (χ1v) is 9.73. The molecule has 10 nitrogen and oxygen atoms in total. The Morgan fingerprint density at radius 1 is 1.38 bits per heavy atom. The summed E-state index contributed by atoms with van der Waals surface area (Å²) in [4.78, 5) is 31.2. The highest BCUT2D eigenvalue weighted by atomic mass is 16.6. The summed E-state index contributed by atoms with van der Waals surface area (Å²) < 4.78 is 5.15. The summed E-state index contributed by atoms with van der Waals surface area (Å²) in [7, 11) is 0. The van der Waals surface area contributed by atoms with Crippen LogP contribution >= 0.6 is 0 Å². The van der Waals surface area contributed by atoms with E-state index in [1.54, 1.807) is 38.3 Å². The molecule has 3 aromatic rings. The molecule has 0 bridgehead atoms. The standard InChI is InChI=1S/C22H23N5O5/c1-22(2,29)4-5-24-10-15-8-20(18(9-19(15)23)14-3-6-32-13-14)26-21(28)16-7-17(27(30)31)12-25-11-16/h3,6-13,29H,4-5,23H2,1-2H3,(H,26,28). The van der Waals surface area contributed by atoms with Gasteiger partial charge in [0.15, 0.2) is 0 Å². The van der Waals surface area contributed by atoms with Crippen LogP contribution in [0, 0.1) is 10.1 Å². The largest absolute Gasteiger partial charge is 0.472 e. The summed E-state index contributed by atoms with van der Waals surface area (Å²) in [6, 6.07) is 6.21. The second kappa shape index (κ2) is 9.40. The zero-order valence-corrected chi connectivity index (χ0v) is 17.6. The van der Waals surface area contributed by atoms with E-state index in [1.807, 2.05) is 0 Å². The molecule has 0 unspecified atom stereocenters. The van der Waals surface area contributed by atoms with Crippen molar-refractivity contribution in [1.29, 1.82) is 0 Å². The molecule has 2 heterocycles. The van der Waals surface area contributed by atoms with Gasteiger partial charge in [0, 0.05) is 53.1 Å². The minimum Gasteiger partial charge on any atom is -0.472 e. The van der Waals surface area contributed by atoms with Crippen LogP contribution in [-0.4, -0.2) is 39.3 Å². The number of carbonyl (C=O) groups excluding carboxylic acids is 1. The summed E-state index contributed by atoms with van der Waals surface area (Å²) in [6.07, 6.45) is 7.37. The van der Waals surface area contributed by atoms with E-state index >= 15 is 0 Å². The highest BCUT2D eigenvalue weighted by molar-refractivity contribution is 6.07. The van der Waals surface area contributed by atoms with E-state index in [9.17, 15) is 20.0 Å². The number of nitrogens with zero attached hydrogens (tertiary/aromatic N) is 3. The third-order valence-corrected chi connectivity index (χ3v) is 4.58. The lowest BCUT2D eigenvalue weighted by Gasteiger charge is -2.15. The van der Waals surface area contributed by atoms with E-state index in [2.05, 4.69) is 15.3 Å². The molecular formula is C22H23N5O5. The maximum absolute atomic E-state index is 12.8. The molecule has 10 heteroatoms. The third kappa shape index (κ3) is 5.76. The highest BCUT2D eigenvalue weighted by Crippen LogP contribution is 2.33. The van der Waals surface area contributed by atoms with Crippen molar-refractivity contribution >= 4 is 29.2 Å². The van der Waals surface area contributed by atoms with Gasteiger partial charge in [-0.3, -0.25) is 24.9 Å². The van der Waals surface area contributed by atoms with Crippen LogP contribution in [0.3, 0.4) is 0 Å². The summed E-state index contributed by atoms with van der Waals surface area (Å²) >= 11 is 0. The van der Waals surface area contributed by atoms with E-state index in [0.717, 1.165) is 12.3 Å². The molecule has 0 aliphatic carbocycles. The summed E-state index contributed by atoms with van der Waals surface area (Å²) in [5.74, 6) is -0.569. The number of hydrogen-bond donors (Lipinski definition) is 3. The number of carbonyl (C=O) groups is 1. The molecule has 0 saturated carbocycles. The van der Waals surface area contributed by atoms with Crippen molar-refractivity contribution in [2.45, 2.75) is 25.9 Å². The van der Waals surface area contributed by atoms with Gasteiger partial charge in [0.1, 0.15) is 6.20 Å². The van der Waals surface area contributed by atoms with Crippen molar-refractivity contribution in [2.75, 3.05) is 17.6 Å². The Hall–Kier alpha value is -4.05. The number of aliphatic imine (C=N–C) groups is 1. The fourth-order valence-electron chi connectivity index (χ4n) is 2.85. The van der Waals surface area contributed by atoms with Gasteiger partial charge in [0.25, 0.3) is 11.6 Å². The molecular weight excluding hydrogens is 414 g/mol. The molecule has 2 aromatic heterocycles. The molecule has 4 N–H and O–H groups in total. The van der Waals surface area contributed by atoms with Crippen molar-refractivity contribution < 1.29 is 19.2 Å². The van der Waals surface area contributed by atoms with Crippen molar-refractivity contribution in [1.82, 2.24) is 4.98 Å². The number of hydrogen-bond acceptors (Lipinski definition) is 8. The number of nitrogen functional groups attached to an aromatic ring is 1. The minimum atomic E-state index is -0.834. The molecule has 0 saturated heterocycles. The lowest BCUT2D eigenvalue weighted by molar-refractivity contribution is -0.385. The van der Waals surface area contributed by atoms with Crippen LogP contribution < -0.4 is 11.1 Å². The van der Waals surface area contributed by atoms with Crippen molar-refractivity contribution in [3.8, 4) is 11.1 Å². The van der Waals surface area contributed by atoms with Crippen molar-refractivity contribution in [3.05, 3.63) is 70.4 Å². The SMILES string of the molecule is CC(C)(O)CCN=Cc1cc(NC(=O)c2cncc([N+](=O)[O-])c2)c(-c2ccoc2)cc1N. The van der Waals surface area contributed by atoms with E-state index in [-0.39, 0.29) is 11.3 Å². The van der Waals surface area contributed by atoms with Crippen LogP contribution in [0.2, 0.25) is 0 Å².